The van der Waals surface area contributed by atoms with Gasteiger partial charge in [0.2, 0.25) is 5.88 Å². The number of pyridine rings is 2. The molecule has 1 atom stereocenters. The van der Waals surface area contributed by atoms with Crippen LogP contribution in [0, 0.1) is 0 Å². The van der Waals surface area contributed by atoms with Crippen LogP contribution in [-0.4, -0.2) is 50.0 Å². The van der Waals surface area contributed by atoms with Crippen molar-refractivity contribution in [1.29, 1.82) is 0 Å². The molecule has 1 aliphatic heterocycles. The van der Waals surface area contributed by atoms with Gasteiger partial charge in [-0.15, -0.1) is 0 Å². The molecule has 1 aliphatic rings. The Morgan fingerprint density at radius 3 is 2.26 bits per heavy atom. The lowest BCUT2D eigenvalue weighted by molar-refractivity contribution is 0.0118. The van der Waals surface area contributed by atoms with Crippen LogP contribution in [0.2, 0.25) is 0 Å². The van der Waals surface area contributed by atoms with Crippen LogP contribution in [0.1, 0.15) is 5.56 Å². The van der Waals surface area contributed by atoms with Gasteiger partial charge in [-0.25, -0.2) is 4.98 Å². The molecule has 1 saturated heterocycles. The molecule has 0 spiro atoms. The van der Waals surface area contributed by atoms with E-state index >= 15 is 0 Å². The molecule has 4 aromatic rings. The lowest BCUT2D eigenvalue weighted by Crippen LogP contribution is -2.53. The number of para-hydroxylation sites is 1. The SMILES string of the molecule is CS(=O)c1ccc(-c2ccc(OC3CN(Cc4ccc(Oc5ccccc5)cc4)C3)nc2)nc1.O. The van der Waals surface area contributed by atoms with Gasteiger partial charge in [0.1, 0.15) is 17.6 Å². The first kappa shape index (κ1) is 24.5. The number of hydrogen-bond acceptors (Lipinski definition) is 6. The number of aromatic nitrogens is 2. The molecule has 1 unspecified atom stereocenters. The van der Waals surface area contributed by atoms with Crippen LogP contribution in [0.25, 0.3) is 11.3 Å². The molecule has 35 heavy (non-hydrogen) atoms. The second-order valence-corrected chi connectivity index (χ2v) is 9.59. The highest BCUT2D eigenvalue weighted by atomic mass is 32.2. The van der Waals surface area contributed by atoms with Gasteiger partial charge in [-0.05, 0) is 48.0 Å². The standard InChI is InChI=1S/C27H25N3O3S.H2O/c1-34(31)25-12-13-26(28-16-25)21-9-14-27(29-15-21)33-24-18-30(19-24)17-20-7-10-23(11-8-20)32-22-5-3-2-4-6-22;/h2-16,24H,17-19H2,1H3;1H2. The predicted molar refractivity (Wildman–Crippen MR) is 136 cm³/mol. The van der Waals surface area contributed by atoms with Crippen LogP contribution < -0.4 is 9.47 Å². The second-order valence-electron chi connectivity index (χ2n) is 8.21. The van der Waals surface area contributed by atoms with Gasteiger partial charge in [0.25, 0.3) is 0 Å². The molecule has 2 aromatic heterocycles. The normalized spacial score (nSPS) is 14.4. The van der Waals surface area contributed by atoms with E-state index in [4.69, 9.17) is 9.47 Å². The van der Waals surface area contributed by atoms with E-state index in [9.17, 15) is 4.21 Å². The molecule has 180 valence electrons. The number of benzene rings is 2. The smallest absolute Gasteiger partial charge is 0.213 e. The Hall–Kier alpha value is -3.59. The first-order valence-electron chi connectivity index (χ1n) is 11.1. The molecule has 2 aromatic carbocycles. The molecule has 3 heterocycles. The van der Waals surface area contributed by atoms with Crippen LogP contribution >= 0.6 is 0 Å². The van der Waals surface area contributed by atoms with Gasteiger partial charge in [0.05, 0.1) is 21.4 Å². The lowest BCUT2D eigenvalue weighted by atomic mass is 10.1. The van der Waals surface area contributed by atoms with E-state index in [1.807, 2.05) is 66.7 Å². The Morgan fingerprint density at radius 1 is 0.886 bits per heavy atom. The molecule has 0 bridgehead atoms. The summed E-state index contributed by atoms with van der Waals surface area (Å²) in [6.07, 6.45) is 5.18. The van der Waals surface area contributed by atoms with E-state index in [0.717, 1.165) is 42.4 Å². The van der Waals surface area contributed by atoms with Crippen LogP contribution in [-0.2, 0) is 17.3 Å². The summed E-state index contributed by atoms with van der Waals surface area (Å²) in [5.41, 5.74) is 2.94. The van der Waals surface area contributed by atoms with Gasteiger partial charge >= 0.3 is 0 Å². The molecular formula is C27H27N3O4S. The summed E-state index contributed by atoms with van der Waals surface area (Å²) in [6, 6.07) is 25.5. The molecule has 1 fully saturated rings. The number of ether oxygens (including phenoxy) is 2. The van der Waals surface area contributed by atoms with E-state index in [1.165, 1.54) is 5.56 Å². The van der Waals surface area contributed by atoms with Crippen molar-refractivity contribution in [2.75, 3.05) is 19.3 Å². The minimum absolute atomic E-state index is 0. The largest absolute Gasteiger partial charge is 0.472 e. The summed E-state index contributed by atoms with van der Waals surface area (Å²) in [4.78, 5) is 11.9. The highest BCUT2D eigenvalue weighted by Gasteiger charge is 2.28. The van der Waals surface area contributed by atoms with Gasteiger partial charge in [-0.1, -0.05) is 30.3 Å². The minimum Gasteiger partial charge on any atom is -0.472 e. The molecule has 0 saturated carbocycles. The maximum Gasteiger partial charge on any atom is 0.213 e. The Kier molecular flexibility index (Phi) is 7.87. The Labute approximate surface area is 207 Å². The lowest BCUT2D eigenvalue weighted by Gasteiger charge is -2.38. The fourth-order valence-corrected chi connectivity index (χ4v) is 4.23. The average molecular weight is 490 g/mol. The highest BCUT2D eigenvalue weighted by Crippen LogP contribution is 2.24. The number of nitrogens with zero attached hydrogens (tertiary/aromatic N) is 3. The van der Waals surface area contributed by atoms with E-state index < -0.39 is 10.8 Å². The Morgan fingerprint density at radius 2 is 1.63 bits per heavy atom. The summed E-state index contributed by atoms with van der Waals surface area (Å²) in [7, 11) is -1.03. The number of likely N-dealkylation sites (tertiary alicyclic amines) is 1. The zero-order valence-corrected chi connectivity index (χ0v) is 20.2. The fourth-order valence-electron chi connectivity index (χ4n) is 3.77. The van der Waals surface area contributed by atoms with E-state index in [0.29, 0.717) is 10.8 Å². The predicted octanol–water partition coefficient (Wildman–Crippen LogP) is 4.11. The van der Waals surface area contributed by atoms with Crippen molar-refractivity contribution < 1.29 is 19.2 Å². The maximum absolute atomic E-state index is 11.5. The number of rotatable bonds is 8. The van der Waals surface area contributed by atoms with Crippen LogP contribution in [0.15, 0.2) is 96.2 Å². The first-order valence-corrected chi connectivity index (χ1v) is 12.6. The monoisotopic (exact) mass is 489 g/mol. The second kappa shape index (κ2) is 11.2. The molecular weight excluding hydrogens is 462 g/mol. The number of hydrogen-bond donors (Lipinski definition) is 0. The fraction of sp³-hybridized carbons (Fsp3) is 0.185. The maximum atomic E-state index is 11.5. The van der Waals surface area contributed by atoms with Crippen molar-refractivity contribution in [2.24, 2.45) is 0 Å². The summed E-state index contributed by atoms with van der Waals surface area (Å²) < 4.78 is 23.4. The van der Waals surface area contributed by atoms with Crippen molar-refractivity contribution in [2.45, 2.75) is 17.5 Å². The molecule has 2 N–H and O–H groups in total. The highest BCUT2D eigenvalue weighted by molar-refractivity contribution is 7.84. The Bertz CT molecular complexity index is 1240. The summed E-state index contributed by atoms with van der Waals surface area (Å²) in [5.74, 6) is 2.28. The molecule has 8 heteroatoms. The van der Waals surface area contributed by atoms with E-state index in [1.54, 1.807) is 18.6 Å². The molecule has 5 rings (SSSR count). The quantitative estimate of drug-likeness (QED) is 0.370. The molecule has 0 aliphatic carbocycles. The molecule has 7 nitrogen and oxygen atoms in total. The van der Waals surface area contributed by atoms with Gasteiger partial charge < -0.3 is 14.9 Å². The van der Waals surface area contributed by atoms with Crippen LogP contribution in [0.4, 0.5) is 0 Å². The van der Waals surface area contributed by atoms with E-state index in [2.05, 4.69) is 27.0 Å². The van der Waals surface area contributed by atoms with Crippen molar-refractivity contribution in [3.8, 4) is 28.6 Å². The van der Waals surface area contributed by atoms with E-state index in [-0.39, 0.29) is 11.6 Å². The third-order valence-electron chi connectivity index (χ3n) is 5.62. The zero-order valence-electron chi connectivity index (χ0n) is 19.3. The van der Waals surface area contributed by atoms with Gasteiger partial charge in [0, 0.05) is 49.9 Å². The van der Waals surface area contributed by atoms with Crippen LogP contribution in [0.5, 0.6) is 17.4 Å². The summed E-state index contributed by atoms with van der Waals surface area (Å²) in [6.45, 7) is 2.60. The van der Waals surface area contributed by atoms with Gasteiger partial charge in [0.15, 0.2) is 0 Å². The van der Waals surface area contributed by atoms with Gasteiger partial charge in [-0.2, -0.15) is 0 Å². The topological polar surface area (TPSA) is 96.0 Å². The third-order valence-corrected chi connectivity index (χ3v) is 6.53. The van der Waals surface area contributed by atoms with Crippen molar-refractivity contribution in [3.05, 3.63) is 96.8 Å². The third kappa shape index (κ3) is 6.30. The Balaban J connectivity index is 0.00000289. The van der Waals surface area contributed by atoms with Crippen molar-refractivity contribution in [3.63, 3.8) is 0 Å². The van der Waals surface area contributed by atoms with Crippen molar-refractivity contribution >= 4 is 10.8 Å². The average Bonchev–Trinajstić information content (AvgIpc) is 2.85. The minimum atomic E-state index is -1.03. The van der Waals surface area contributed by atoms with Crippen LogP contribution in [0.3, 0.4) is 0 Å². The molecule has 0 amide bonds. The van der Waals surface area contributed by atoms with Crippen molar-refractivity contribution in [1.82, 2.24) is 14.9 Å². The van der Waals surface area contributed by atoms with Gasteiger partial charge in [-0.3, -0.25) is 14.1 Å². The first-order chi connectivity index (χ1) is 16.6. The summed E-state index contributed by atoms with van der Waals surface area (Å²) in [5, 5.41) is 0. The molecule has 0 radical (unpaired) electrons. The zero-order chi connectivity index (χ0) is 23.3. The summed E-state index contributed by atoms with van der Waals surface area (Å²) >= 11 is 0.